The van der Waals surface area contributed by atoms with E-state index in [4.69, 9.17) is 0 Å². The number of benzene rings is 2. The van der Waals surface area contributed by atoms with Crippen molar-refractivity contribution in [3.63, 3.8) is 0 Å². The van der Waals surface area contributed by atoms with Crippen molar-refractivity contribution < 1.29 is 13.5 Å². The van der Waals surface area contributed by atoms with E-state index >= 15 is 0 Å². The summed E-state index contributed by atoms with van der Waals surface area (Å²) in [6.07, 6.45) is 0. The second-order valence-corrected chi connectivity index (χ2v) is 5.78. The number of sulfone groups is 1. The zero-order valence-corrected chi connectivity index (χ0v) is 9.66. The lowest BCUT2D eigenvalue weighted by molar-refractivity contribution is 0.480. The fraction of sp³-hybridized carbons (Fsp3) is 0.167. The summed E-state index contributed by atoms with van der Waals surface area (Å²) in [7, 11) is -3.31. The lowest BCUT2D eigenvalue weighted by Gasteiger charge is -2.07. The van der Waals surface area contributed by atoms with Crippen molar-refractivity contribution in [1.82, 2.24) is 0 Å². The van der Waals surface area contributed by atoms with Gasteiger partial charge in [-0.2, -0.15) is 0 Å². The van der Waals surface area contributed by atoms with Crippen LogP contribution in [-0.2, 0) is 9.84 Å². The number of aromatic hydroxyl groups is 1. The van der Waals surface area contributed by atoms with Crippen molar-refractivity contribution in [2.45, 2.75) is 11.8 Å². The molecular weight excluding hydrogens is 224 g/mol. The Bertz CT molecular complexity index is 625. The Kier molecular flexibility index (Phi) is 2.59. The van der Waals surface area contributed by atoms with E-state index in [1.54, 1.807) is 31.2 Å². The molecule has 0 bridgehead atoms. The van der Waals surface area contributed by atoms with Gasteiger partial charge in [0.1, 0.15) is 5.75 Å². The van der Waals surface area contributed by atoms with Crippen LogP contribution in [0.5, 0.6) is 5.75 Å². The molecule has 0 aromatic heterocycles. The van der Waals surface area contributed by atoms with Crippen LogP contribution in [0.2, 0.25) is 0 Å². The summed E-state index contributed by atoms with van der Waals surface area (Å²) < 4.78 is 23.7. The number of fused-ring (bicyclic) bond motifs is 1. The molecule has 0 aliphatic heterocycles. The topological polar surface area (TPSA) is 54.4 Å². The molecule has 4 heteroatoms. The monoisotopic (exact) mass is 236 g/mol. The van der Waals surface area contributed by atoms with Crippen LogP contribution in [0.1, 0.15) is 6.92 Å². The maximum atomic E-state index is 11.9. The highest BCUT2D eigenvalue weighted by Crippen LogP contribution is 2.31. The summed E-state index contributed by atoms with van der Waals surface area (Å²) in [6.45, 7) is 1.59. The Hall–Kier alpha value is -1.55. The molecule has 2 aromatic rings. The van der Waals surface area contributed by atoms with Crippen molar-refractivity contribution in [3.05, 3.63) is 36.4 Å². The van der Waals surface area contributed by atoms with Crippen LogP contribution in [0.15, 0.2) is 41.3 Å². The predicted octanol–water partition coefficient (Wildman–Crippen LogP) is 2.34. The maximum Gasteiger partial charge on any atom is 0.178 e. The summed E-state index contributed by atoms with van der Waals surface area (Å²) in [5.41, 5.74) is 0. The molecule has 0 atom stereocenters. The van der Waals surface area contributed by atoms with Crippen molar-refractivity contribution in [1.29, 1.82) is 0 Å². The molecule has 0 aliphatic rings. The summed E-state index contributed by atoms with van der Waals surface area (Å²) in [4.78, 5) is 0.200. The van der Waals surface area contributed by atoms with E-state index in [2.05, 4.69) is 0 Å². The Morgan fingerprint density at radius 3 is 2.38 bits per heavy atom. The average molecular weight is 236 g/mol. The lowest BCUT2D eigenvalue weighted by Crippen LogP contribution is -2.04. The van der Waals surface area contributed by atoms with E-state index in [9.17, 15) is 13.5 Å². The number of hydrogen-bond donors (Lipinski definition) is 1. The summed E-state index contributed by atoms with van der Waals surface area (Å²) in [6, 6.07) is 9.97. The quantitative estimate of drug-likeness (QED) is 0.870. The molecule has 0 saturated heterocycles. The summed E-state index contributed by atoms with van der Waals surface area (Å²) in [5.74, 6) is 0.0330. The highest BCUT2D eigenvalue weighted by molar-refractivity contribution is 7.91. The number of phenols is 1. The van der Waals surface area contributed by atoms with E-state index in [0.29, 0.717) is 5.39 Å². The van der Waals surface area contributed by atoms with Gasteiger partial charge in [0.25, 0.3) is 0 Å². The van der Waals surface area contributed by atoms with Crippen LogP contribution in [0.25, 0.3) is 10.8 Å². The van der Waals surface area contributed by atoms with Gasteiger partial charge in [-0.25, -0.2) is 8.42 Å². The van der Waals surface area contributed by atoms with Gasteiger partial charge in [0.05, 0.1) is 10.6 Å². The first-order chi connectivity index (χ1) is 7.56. The Labute approximate surface area is 94.3 Å². The van der Waals surface area contributed by atoms with Crippen LogP contribution in [0.4, 0.5) is 0 Å². The first kappa shape index (κ1) is 11.0. The third kappa shape index (κ3) is 1.65. The van der Waals surface area contributed by atoms with Gasteiger partial charge in [-0.15, -0.1) is 0 Å². The second-order valence-electron chi connectivity index (χ2n) is 3.53. The van der Waals surface area contributed by atoms with E-state index in [0.717, 1.165) is 5.39 Å². The molecule has 2 aromatic carbocycles. The highest BCUT2D eigenvalue weighted by atomic mass is 32.2. The predicted molar refractivity (Wildman–Crippen MR) is 63.3 cm³/mol. The highest BCUT2D eigenvalue weighted by Gasteiger charge is 2.16. The van der Waals surface area contributed by atoms with Gasteiger partial charge in [-0.1, -0.05) is 31.2 Å². The van der Waals surface area contributed by atoms with Gasteiger partial charge in [0.2, 0.25) is 0 Å². The minimum Gasteiger partial charge on any atom is -0.507 e. The summed E-state index contributed by atoms with van der Waals surface area (Å²) in [5, 5.41) is 10.9. The molecule has 0 unspecified atom stereocenters. The van der Waals surface area contributed by atoms with Crippen molar-refractivity contribution in [2.75, 3.05) is 5.75 Å². The van der Waals surface area contributed by atoms with Crippen LogP contribution in [0, 0.1) is 0 Å². The zero-order chi connectivity index (χ0) is 11.8. The third-order valence-electron chi connectivity index (χ3n) is 2.56. The molecule has 2 rings (SSSR count). The van der Waals surface area contributed by atoms with E-state index in [-0.39, 0.29) is 16.4 Å². The van der Waals surface area contributed by atoms with Crippen LogP contribution < -0.4 is 0 Å². The summed E-state index contributed by atoms with van der Waals surface area (Å²) >= 11 is 0. The molecule has 0 saturated carbocycles. The minimum atomic E-state index is -3.31. The van der Waals surface area contributed by atoms with Crippen LogP contribution >= 0.6 is 0 Å². The largest absolute Gasteiger partial charge is 0.507 e. The van der Waals surface area contributed by atoms with Gasteiger partial charge in [0, 0.05) is 5.39 Å². The molecule has 0 amide bonds. The smallest absolute Gasteiger partial charge is 0.178 e. The normalized spacial score (nSPS) is 11.8. The standard InChI is InChI=1S/C12H12O3S/c1-2-16(14,15)11-8-4-6-9-5-3-7-10(13)12(9)11/h3-8,13H,2H2,1H3. The molecule has 1 N–H and O–H groups in total. The van der Waals surface area contributed by atoms with E-state index in [1.807, 2.05) is 0 Å². The third-order valence-corrected chi connectivity index (χ3v) is 4.33. The average Bonchev–Trinajstić information content (AvgIpc) is 2.29. The lowest BCUT2D eigenvalue weighted by atomic mass is 10.1. The minimum absolute atomic E-state index is 0.00475. The first-order valence-electron chi connectivity index (χ1n) is 4.99. The number of phenolic OH excluding ortho intramolecular Hbond substituents is 1. The van der Waals surface area contributed by atoms with Crippen LogP contribution in [-0.4, -0.2) is 19.3 Å². The van der Waals surface area contributed by atoms with Crippen molar-refractivity contribution >= 4 is 20.6 Å². The number of hydrogen-bond acceptors (Lipinski definition) is 3. The molecule has 0 radical (unpaired) electrons. The van der Waals surface area contributed by atoms with Crippen molar-refractivity contribution in [3.8, 4) is 5.75 Å². The first-order valence-corrected chi connectivity index (χ1v) is 6.65. The molecular formula is C12H12O3S. The molecule has 0 aliphatic carbocycles. The molecule has 0 heterocycles. The van der Waals surface area contributed by atoms with Crippen molar-refractivity contribution in [2.24, 2.45) is 0 Å². The maximum absolute atomic E-state index is 11.9. The SMILES string of the molecule is CCS(=O)(=O)c1cccc2cccc(O)c12. The van der Waals surface area contributed by atoms with Gasteiger partial charge in [-0.3, -0.25) is 0 Å². The molecule has 3 nitrogen and oxygen atoms in total. The van der Waals surface area contributed by atoms with Gasteiger partial charge in [0.15, 0.2) is 9.84 Å². The molecule has 0 fully saturated rings. The van der Waals surface area contributed by atoms with Crippen LogP contribution in [0.3, 0.4) is 0 Å². The molecule has 84 valence electrons. The van der Waals surface area contributed by atoms with Gasteiger partial charge >= 0.3 is 0 Å². The van der Waals surface area contributed by atoms with E-state index < -0.39 is 9.84 Å². The fourth-order valence-electron chi connectivity index (χ4n) is 1.70. The van der Waals surface area contributed by atoms with Gasteiger partial charge < -0.3 is 5.11 Å². The van der Waals surface area contributed by atoms with E-state index in [1.165, 1.54) is 12.1 Å². The zero-order valence-electron chi connectivity index (χ0n) is 8.84. The molecule has 0 spiro atoms. The Morgan fingerprint density at radius 2 is 1.75 bits per heavy atom. The van der Waals surface area contributed by atoms with Gasteiger partial charge in [-0.05, 0) is 17.5 Å². The Balaban J connectivity index is 2.91. The Morgan fingerprint density at radius 1 is 1.12 bits per heavy atom. The number of rotatable bonds is 2. The fourth-order valence-corrected chi connectivity index (χ4v) is 2.83. The molecule has 16 heavy (non-hydrogen) atoms. The second kappa shape index (κ2) is 3.79.